The van der Waals surface area contributed by atoms with Crippen LogP contribution in [-0.4, -0.2) is 113 Å². The van der Waals surface area contributed by atoms with E-state index in [0.29, 0.717) is 5.56 Å². The van der Waals surface area contributed by atoms with Crippen LogP contribution in [0.5, 0.6) is 0 Å². The number of amides is 1. The summed E-state index contributed by atoms with van der Waals surface area (Å²) in [5.74, 6) is -8.70. The van der Waals surface area contributed by atoms with Crippen LogP contribution in [0.3, 0.4) is 0 Å². The number of hydrogen-bond acceptors (Lipinski definition) is 15. The number of nitrogens with two attached hydrogens (primary N) is 1. The van der Waals surface area contributed by atoms with Crippen LogP contribution in [0.4, 0.5) is 4.79 Å². The first kappa shape index (κ1) is 45.8. The second-order valence-electron chi connectivity index (χ2n) is 18.4. The van der Waals surface area contributed by atoms with E-state index < -0.39 is 130 Å². The summed E-state index contributed by atoms with van der Waals surface area (Å²) in [6.07, 6.45) is -8.75. The molecule has 0 spiro atoms. The van der Waals surface area contributed by atoms with Crippen LogP contribution in [0, 0.1) is 28.6 Å². The molecule has 3 aliphatic carbocycles. The first-order valence-corrected chi connectivity index (χ1v) is 20.7. The molecule has 0 radical (unpaired) electrons. The van der Waals surface area contributed by atoms with E-state index in [1.54, 1.807) is 97.0 Å². The minimum atomic E-state index is -2.29. The number of benzene rings is 2. The zero-order chi connectivity index (χ0) is 44.9. The number of rotatable bonds is 11. The van der Waals surface area contributed by atoms with Crippen molar-refractivity contribution in [3.05, 3.63) is 71.8 Å². The molecule has 1 amide bonds. The molecule has 3 unspecified atom stereocenters. The average molecular weight is 851 g/mol. The van der Waals surface area contributed by atoms with Gasteiger partial charge in [0.05, 0.1) is 36.3 Å². The smallest absolute Gasteiger partial charge is 0.408 e. The maximum Gasteiger partial charge on any atom is 0.408 e. The zero-order valence-electron chi connectivity index (χ0n) is 35.9. The van der Waals surface area contributed by atoms with Gasteiger partial charge in [-0.2, -0.15) is 0 Å². The van der Waals surface area contributed by atoms with Gasteiger partial charge in [0.15, 0.2) is 0 Å². The molecule has 2 bridgehead atoms. The highest BCUT2D eigenvalue weighted by atomic mass is 16.6. The fraction of sp³-hybridized carbons (Fsp3) is 0.600. The number of fused-ring (bicyclic) bond motifs is 5. The highest BCUT2D eigenvalue weighted by molar-refractivity contribution is 6.40. The Hall–Kier alpha value is -4.74. The first-order chi connectivity index (χ1) is 28.6. The van der Waals surface area contributed by atoms with Crippen LogP contribution in [0.25, 0.3) is 0 Å². The number of carbonyl (C=O) groups is 6. The molecule has 2 aromatic rings. The molecular weight excluding hydrogens is 792 g/mol. The lowest BCUT2D eigenvalue weighted by atomic mass is 9.42. The summed E-state index contributed by atoms with van der Waals surface area (Å²) in [7, 11) is 0. The van der Waals surface area contributed by atoms with Crippen molar-refractivity contribution in [3.8, 4) is 0 Å². The van der Waals surface area contributed by atoms with Crippen molar-refractivity contribution in [2.24, 2.45) is 34.3 Å². The number of carbonyl (C=O) groups excluding carboxylic acids is 6. The summed E-state index contributed by atoms with van der Waals surface area (Å²) >= 11 is 0. The van der Waals surface area contributed by atoms with Crippen LogP contribution in [-0.2, 0) is 47.6 Å². The van der Waals surface area contributed by atoms with Gasteiger partial charge in [-0.25, -0.2) is 14.4 Å². The number of ether oxygens (including phenoxy) is 6. The van der Waals surface area contributed by atoms with Crippen LogP contribution >= 0.6 is 0 Å². The number of aliphatic hydroxyl groups excluding tert-OH is 1. The lowest BCUT2D eigenvalue weighted by Gasteiger charge is -2.68. The van der Waals surface area contributed by atoms with Crippen LogP contribution < -0.4 is 11.1 Å². The van der Waals surface area contributed by atoms with E-state index in [9.17, 15) is 34.2 Å². The molecular formula is C45H58N2O14. The van der Waals surface area contributed by atoms with E-state index in [1.165, 1.54) is 19.1 Å². The predicted octanol–water partition coefficient (Wildman–Crippen LogP) is 3.39. The SMILES string of the molecule is CCO[C@@]12CO[C@@H]1C[C@H](O)[C@@]1(C)C(=O)C(=O)C3C(C)[C@@H](OC(=O)[C@H](OC(=O)CN)[C@@H](NC(=O)OC(C)(C)C)c4ccccc4)C[C@@](O)([C@@H](OC(=O)c4ccccc4)C12)C3(C)C. The van der Waals surface area contributed by atoms with Gasteiger partial charge >= 0.3 is 24.0 Å². The molecule has 3 saturated carbocycles. The van der Waals surface area contributed by atoms with Crippen molar-refractivity contribution in [1.82, 2.24) is 5.32 Å². The molecule has 61 heavy (non-hydrogen) atoms. The quantitative estimate of drug-likeness (QED) is 0.144. The topological polar surface area (TPSA) is 236 Å². The number of esters is 3. The maximum absolute atomic E-state index is 15.0. The molecule has 1 saturated heterocycles. The summed E-state index contributed by atoms with van der Waals surface area (Å²) in [4.78, 5) is 84.9. The fourth-order valence-electron chi connectivity index (χ4n) is 10.2. The molecule has 12 atom stereocenters. The Labute approximate surface area is 355 Å². The number of aliphatic hydroxyl groups is 2. The van der Waals surface area contributed by atoms with Gasteiger partial charge in [-0.05, 0) is 52.3 Å². The Morgan fingerprint density at radius 3 is 2.16 bits per heavy atom. The van der Waals surface area contributed by atoms with Crippen molar-refractivity contribution in [3.63, 3.8) is 0 Å². The van der Waals surface area contributed by atoms with Crippen molar-refractivity contribution < 1.29 is 67.4 Å². The molecule has 2 aromatic carbocycles. The Morgan fingerprint density at radius 1 is 0.984 bits per heavy atom. The average Bonchev–Trinajstić information content (AvgIpc) is 3.20. The van der Waals surface area contributed by atoms with E-state index in [0.717, 1.165) is 0 Å². The van der Waals surface area contributed by atoms with E-state index in [2.05, 4.69) is 5.32 Å². The third-order valence-corrected chi connectivity index (χ3v) is 13.4. The van der Waals surface area contributed by atoms with Gasteiger partial charge in [0.2, 0.25) is 17.7 Å². The summed E-state index contributed by atoms with van der Waals surface area (Å²) < 4.78 is 36.1. The van der Waals surface area contributed by atoms with Crippen molar-refractivity contribution in [2.45, 2.75) is 122 Å². The number of hydrogen-bond donors (Lipinski definition) is 4. The molecule has 5 N–H and O–H groups in total. The fourth-order valence-corrected chi connectivity index (χ4v) is 10.2. The highest BCUT2D eigenvalue weighted by Gasteiger charge is 2.78. The maximum atomic E-state index is 15.0. The van der Waals surface area contributed by atoms with E-state index in [-0.39, 0.29) is 25.2 Å². The van der Waals surface area contributed by atoms with Crippen molar-refractivity contribution >= 4 is 35.6 Å². The van der Waals surface area contributed by atoms with Crippen LogP contribution in [0.15, 0.2) is 60.7 Å². The number of ketones is 2. The largest absolute Gasteiger partial charge is 0.459 e. The van der Waals surface area contributed by atoms with Gasteiger partial charge in [0, 0.05) is 42.6 Å². The van der Waals surface area contributed by atoms with Gasteiger partial charge in [-0.3, -0.25) is 14.4 Å². The minimum absolute atomic E-state index is 0.0729. The second-order valence-corrected chi connectivity index (χ2v) is 18.4. The van der Waals surface area contributed by atoms with E-state index in [4.69, 9.17) is 34.2 Å². The van der Waals surface area contributed by atoms with Crippen LogP contribution in [0.2, 0.25) is 0 Å². The van der Waals surface area contributed by atoms with Crippen LogP contribution in [0.1, 0.15) is 90.2 Å². The van der Waals surface area contributed by atoms with E-state index >= 15 is 4.79 Å². The lowest BCUT2D eigenvalue weighted by Crippen LogP contribution is -2.82. The van der Waals surface area contributed by atoms with Crippen molar-refractivity contribution in [1.29, 1.82) is 0 Å². The number of alkyl carbamates (subject to hydrolysis) is 1. The summed E-state index contributed by atoms with van der Waals surface area (Å²) in [6, 6.07) is 14.8. The lowest BCUT2D eigenvalue weighted by molar-refractivity contribution is -0.359. The molecule has 6 rings (SSSR count). The predicted molar refractivity (Wildman–Crippen MR) is 215 cm³/mol. The summed E-state index contributed by atoms with van der Waals surface area (Å²) in [5, 5.41) is 28.1. The zero-order valence-corrected chi connectivity index (χ0v) is 35.9. The minimum Gasteiger partial charge on any atom is -0.459 e. The summed E-state index contributed by atoms with van der Waals surface area (Å²) in [6.45, 7) is 12.2. The monoisotopic (exact) mass is 850 g/mol. The third-order valence-electron chi connectivity index (χ3n) is 13.4. The molecule has 16 heteroatoms. The standard InChI is InChI=1S/C45H58N2O14/c1-9-57-44-23-56-29(44)20-28(48)43(8)35(44)37(60-38(52)26-18-14-11-15-19-26)45(55)21-27(24(2)31(42(45,6)7)33(50)36(43)51)58-39(53)34(59-30(49)22-46)32(25-16-12-10-13-17-25)47-40(54)61-41(3,4)5/h10-19,24,27-29,31-32,34-35,37,48,55H,9,20-23,46H2,1-8H3,(H,47,54)/t24?,27-,28-,29+,31?,32-,34+,35?,37-,43+,44-,45+/m0/s1. The van der Waals surface area contributed by atoms with Gasteiger partial charge in [0.1, 0.15) is 35.1 Å². The van der Waals surface area contributed by atoms with Crippen molar-refractivity contribution in [2.75, 3.05) is 19.8 Å². The molecule has 1 heterocycles. The number of Topliss-reactive ketones (excluding diaryl/α,β-unsaturated/α-hetero) is 2. The Bertz CT molecular complexity index is 2000. The van der Waals surface area contributed by atoms with Gasteiger partial charge < -0.3 is 49.7 Å². The molecule has 4 aliphatic rings. The Balaban J connectivity index is 1.49. The Kier molecular flexibility index (Phi) is 12.6. The van der Waals surface area contributed by atoms with E-state index in [1.807, 2.05) is 0 Å². The molecule has 0 aromatic heterocycles. The molecule has 4 fully saturated rings. The molecule has 1 aliphatic heterocycles. The Morgan fingerprint density at radius 2 is 1.61 bits per heavy atom. The first-order valence-electron chi connectivity index (χ1n) is 20.7. The molecule has 332 valence electrons. The van der Waals surface area contributed by atoms with Gasteiger partial charge in [-0.1, -0.05) is 69.3 Å². The van der Waals surface area contributed by atoms with Gasteiger partial charge in [0.25, 0.3) is 0 Å². The number of nitrogens with one attached hydrogen (secondary N) is 1. The molecule has 16 nitrogen and oxygen atoms in total. The normalized spacial score (nSPS) is 33.8. The van der Waals surface area contributed by atoms with Gasteiger partial charge in [-0.15, -0.1) is 0 Å². The second kappa shape index (κ2) is 16.9. The highest BCUT2D eigenvalue weighted by Crippen LogP contribution is 2.64. The summed E-state index contributed by atoms with van der Waals surface area (Å²) in [5.41, 5.74) is -2.10. The third kappa shape index (κ3) is 7.97.